The Kier molecular flexibility index (Phi) is 10.8. The van der Waals surface area contributed by atoms with Crippen LogP contribution in [0.25, 0.3) is 0 Å². The number of aromatic nitrogens is 1. The molecule has 0 aromatic carbocycles. The highest BCUT2D eigenvalue weighted by Gasteiger charge is 2.20. The molecule has 0 unspecified atom stereocenters. The molecule has 23 heavy (non-hydrogen) atoms. The summed E-state index contributed by atoms with van der Waals surface area (Å²) in [6.07, 6.45) is 6.66. The van der Waals surface area contributed by atoms with Crippen molar-refractivity contribution in [3.8, 4) is 0 Å². The van der Waals surface area contributed by atoms with Crippen molar-refractivity contribution < 1.29 is 4.74 Å². The van der Waals surface area contributed by atoms with Gasteiger partial charge in [-0.2, -0.15) is 0 Å². The maximum absolute atomic E-state index is 5.60. The van der Waals surface area contributed by atoms with Crippen molar-refractivity contribution in [3.05, 3.63) is 16.1 Å². The predicted octanol–water partition coefficient (Wildman–Crippen LogP) is 2.85. The van der Waals surface area contributed by atoms with Gasteiger partial charge < -0.3 is 15.4 Å². The fourth-order valence-electron chi connectivity index (χ4n) is 2.01. The summed E-state index contributed by atoms with van der Waals surface area (Å²) in [5, 5.41) is 7.81. The second-order valence-electron chi connectivity index (χ2n) is 5.53. The van der Waals surface area contributed by atoms with Crippen molar-refractivity contribution in [2.75, 3.05) is 32.8 Å². The molecule has 0 saturated heterocycles. The third-order valence-electron chi connectivity index (χ3n) is 3.48. The molecule has 1 aliphatic carbocycles. The first-order valence-electron chi connectivity index (χ1n) is 8.35. The zero-order chi connectivity index (χ0) is 15.6. The van der Waals surface area contributed by atoms with Gasteiger partial charge in [0.2, 0.25) is 0 Å². The van der Waals surface area contributed by atoms with Crippen LogP contribution < -0.4 is 10.6 Å². The molecule has 0 spiro atoms. The number of aryl methyl sites for hydroxylation is 1. The number of nitrogens with zero attached hydrogens (tertiary/aromatic N) is 2. The maximum atomic E-state index is 5.60. The molecule has 1 aromatic rings. The van der Waals surface area contributed by atoms with E-state index in [-0.39, 0.29) is 24.0 Å². The van der Waals surface area contributed by atoms with Crippen LogP contribution in [0.1, 0.15) is 36.6 Å². The van der Waals surface area contributed by atoms with E-state index in [1.54, 1.807) is 11.3 Å². The molecule has 2 rings (SSSR count). The summed E-state index contributed by atoms with van der Waals surface area (Å²) in [5.41, 5.74) is 0. The van der Waals surface area contributed by atoms with Crippen LogP contribution in [-0.4, -0.2) is 43.8 Å². The van der Waals surface area contributed by atoms with Gasteiger partial charge in [-0.15, -0.1) is 35.3 Å². The van der Waals surface area contributed by atoms with Gasteiger partial charge in [-0.3, -0.25) is 4.99 Å². The number of rotatable bonds is 10. The van der Waals surface area contributed by atoms with E-state index in [1.807, 2.05) is 6.20 Å². The summed E-state index contributed by atoms with van der Waals surface area (Å²) in [6, 6.07) is 0. The number of nitrogens with one attached hydrogen (secondary N) is 2. The molecule has 1 heterocycles. The van der Waals surface area contributed by atoms with Crippen molar-refractivity contribution in [1.82, 2.24) is 15.6 Å². The molecule has 0 radical (unpaired) electrons. The highest BCUT2D eigenvalue weighted by Crippen LogP contribution is 2.28. The standard InChI is InChI=1S/C16H28N4OS.HI/c1-3-14-11-20-15(22-14)7-8-18-16(17-4-2)19-9-10-21-12-13-5-6-13;/h11,13H,3-10,12H2,1-2H3,(H2,17,18,19);1H. The van der Waals surface area contributed by atoms with Gasteiger partial charge in [0, 0.05) is 37.2 Å². The lowest BCUT2D eigenvalue weighted by molar-refractivity contribution is 0.131. The van der Waals surface area contributed by atoms with E-state index in [9.17, 15) is 0 Å². The maximum Gasteiger partial charge on any atom is 0.191 e. The minimum absolute atomic E-state index is 0. The third-order valence-corrected chi connectivity index (χ3v) is 4.68. The number of halogens is 1. The lowest BCUT2D eigenvalue weighted by Gasteiger charge is -2.10. The summed E-state index contributed by atoms with van der Waals surface area (Å²) in [6.45, 7) is 8.28. The Hall–Kier alpha value is -0.410. The Labute approximate surface area is 160 Å². The Morgan fingerprint density at radius 2 is 2.22 bits per heavy atom. The molecule has 1 aliphatic rings. The van der Waals surface area contributed by atoms with E-state index in [2.05, 4.69) is 34.5 Å². The van der Waals surface area contributed by atoms with E-state index in [0.717, 1.165) is 44.4 Å². The molecular weight excluding hydrogens is 423 g/mol. The first-order valence-corrected chi connectivity index (χ1v) is 9.17. The first-order chi connectivity index (χ1) is 10.8. The lowest BCUT2D eigenvalue weighted by Crippen LogP contribution is -2.38. The number of ether oxygens (including phenoxy) is 1. The van der Waals surface area contributed by atoms with Crippen LogP contribution in [0.2, 0.25) is 0 Å². The Morgan fingerprint density at radius 1 is 1.39 bits per heavy atom. The third kappa shape index (κ3) is 8.85. The molecule has 132 valence electrons. The van der Waals surface area contributed by atoms with E-state index >= 15 is 0 Å². The fraction of sp³-hybridized carbons (Fsp3) is 0.750. The van der Waals surface area contributed by atoms with E-state index in [0.29, 0.717) is 13.2 Å². The molecule has 0 bridgehead atoms. The van der Waals surface area contributed by atoms with Crippen molar-refractivity contribution in [2.24, 2.45) is 10.9 Å². The van der Waals surface area contributed by atoms with Gasteiger partial charge >= 0.3 is 0 Å². The summed E-state index contributed by atoms with van der Waals surface area (Å²) >= 11 is 1.80. The van der Waals surface area contributed by atoms with Gasteiger partial charge in [-0.1, -0.05) is 6.92 Å². The van der Waals surface area contributed by atoms with Crippen LogP contribution in [0.15, 0.2) is 11.2 Å². The molecule has 1 aromatic heterocycles. The number of hydrogen-bond acceptors (Lipinski definition) is 4. The largest absolute Gasteiger partial charge is 0.379 e. The quantitative estimate of drug-likeness (QED) is 0.248. The van der Waals surface area contributed by atoms with Crippen molar-refractivity contribution >= 4 is 41.3 Å². The van der Waals surface area contributed by atoms with Gasteiger partial charge in [0.25, 0.3) is 0 Å². The van der Waals surface area contributed by atoms with Crippen LogP contribution in [0.4, 0.5) is 0 Å². The molecule has 1 saturated carbocycles. The van der Waals surface area contributed by atoms with Crippen LogP contribution in [0.5, 0.6) is 0 Å². The number of aliphatic imine (C=N–C) groups is 1. The first kappa shape index (κ1) is 20.6. The monoisotopic (exact) mass is 452 g/mol. The van der Waals surface area contributed by atoms with Gasteiger partial charge in [-0.25, -0.2) is 4.98 Å². The summed E-state index contributed by atoms with van der Waals surface area (Å²) in [4.78, 5) is 10.3. The van der Waals surface area contributed by atoms with Crippen molar-refractivity contribution in [3.63, 3.8) is 0 Å². The Bertz CT molecular complexity index is 463. The van der Waals surface area contributed by atoms with Crippen LogP contribution >= 0.6 is 35.3 Å². The normalized spacial score (nSPS) is 14.4. The van der Waals surface area contributed by atoms with E-state index in [1.165, 1.54) is 22.7 Å². The summed E-state index contributed by atoms with van der Waals surface area (Å²) in [7, 11) is 0. The lowest BCUT2D eigenvalue weighted by atomic mass is 10.4. The topological polar surface area (TPSA) is 58.5 Å². The van der Waals surface area contributed by atoms with Crippen LogP contribution in [0.3, 0.4) is 0 Å². The molecule has 5 nitrogen and oxygen atoms in total. The molecule has 2 N–H and O–H groups in total. The number of hydrogen-bond donors (Lipinski definition) is 2. The molecule has 1 fully saturated rings. The molecule has 0 amide bonds. The average Bonchev–Trinajstić information content (AvgIpc) is 3.23. The fourth-order valence-corrected chi connectivity index (χ4v) is 2.88. The number of thiazole rings is 1. The minimum atomic E-state index is 0. The van der Waals surface area contributed by atoms with Crippen LogP contribution in [-0.2, 0) is 17.6 Å². The van der Waals surface area contributed by atoms with Crippen LogP contribution in [0, 0.1) is 5.92 Å². The van der Waals surface area contributed by atoms with Gasteiger partial charge in [-0.05, 0) is 32.1 Å². The minimum Gasteiger partial charge on any atom is -0.379 e. The summed E-state index contributed by atoms with van der Waals surface area (Å²) < 4.78 is 5.60. The Morgan fingerprint density at radius 3 is 2.87 bits per heavy atom. The smallest absolute Gasteiger partial charge is 0.191 e. The molecular formula is C16H29IN4OS. The van der Waals surface area contributed by atoms with Gasteiger partial charge in [0.05, 0.1) is 18.2 Å². The van der Waals surface area contributed by atoms with E-state index < -0.39 is 0 Å². The molecule has 7 heteroatoms. The van der Waals surface area contributed by atoms with Gasteiger partial charge in [0.15, 0.2) is 5.96 Å². The van der Waals surface area contributed by atoms with E-state index in [4.69, 9.17) is 4.74 Å². The van der Waals surface area contributed by atoms with Crippen molar-refractivity contribution in [2.45, 2.75) is 39.5 Å². The highest BCUT2D eigenvalue weighted by atomic mass is 127. The zero-order valence-electron chi connectivity index (χ0n) is 14.1. The summed E-state index contributed by atoms with van der Waals surface area (Å²) in [5.74, 6) is 1.69. The molecule has 0 aliphatic heterocycles. The predicted molar refractivity (Wildman–Crippen MR) is 108 cm³/mol. The van der Waals surface area contributed by atoms with Crippen molar-refractivity contribution in [1.29, 1.82) is 0 Å². The zero-order valence-corrected chi connectivity index (χ0v) is 17.3. The average molecular weight is 452 g/mol. The van der Waals surface area contributed by atoms with Gasteiger partial charge in [0.1, 0.15) is 0 Å². The second-order valence-corrected chi connectivity index (χ2v) is 6.73. The Balaban J connectivity index is 0.00000264. The highest BCUT2D eigenvalue weighted by molar-refractivity contribution is 14.0. The number of guanidine groups is 1. The SMILES string of the molecule is CCNC(=NCCOCC1CC1)NCCc1ncc(CC)s1.I. The molecule has 0 atom stereocenters. The second kappa shape index (κ2) is 12.0.